The lowest BCUT2D eigenvalue weighted by atomic mass is 10.2. The Morgan fingerprint density at radius 2 is 2.12 bits per heavy atom. The lowest BCUT2D eigenvalue weighted by Crippen LogP contribution is -2.24. The molecule has 16 heavy (non-hydrogen) atoms. The molecule has 0 aromatic heterocycles. The summed E-state index contributed by atoms with van der Waals surface area (Å²) in [5, 5.41) is 0.685. The number of hydrogen-bond donors (Lipinski definition) is 0. The quantitative estimate of drug-likeness (QED) is 0.696. The van der Waals surface area contributed by atoms with E-state index >= 15 is 0 Å². The van der Waals surface area contributed by atoms with Crippen molar-refractivity contribution in [3.63, 3.8) is 0 Å². The van der Waals surface area contributed by atoms with Gasteiger partial charge in [-0.25, -0.2) is 0 Å². The highest BCUT2D eigenvalue weighted by Crippen LogP contribution is 2.21. The monoisotopic (exact) mass is 246 g/mol. The Balaban J connectivity index is 1.47. The Labute approximate surface area is 102 Å². The summed E-state index contributed by atoms with van der Waals surface area (Å²) in [6, 6.07) is 0. The standard InChI is InChI=1S/C12H22O3S/c1-2-7-14-12(5-1)15-8-9-16-11-4-3-6-13-10-11/h11-12H,1-10H2. The van der Waals surface area contributed by atoms with Crippen molar-refractivity contribution < 1.29 is 14.2 Å². The molecule has 2 unspecified atom stereocenters. The topological polar surface area (TPSA) is 27.7 Å². The van der Waals surface area contributed by atoms with Gasteiger partial charge in [-0.2, -0.15) is 11.8 Å². The van der Waals surface area contributed by atoms with Crippen LogP contribution in [0.2, 0.25) is 0 Å². The van der Waals surface area contributed by atoms with Gasteiger partial charge in [0.1, 0.15) is 0 Å². The van der Waals surface area contributed by atoms with Gasteiger partial charge < -0.3 is 14.2 Å². The Morgan fingerprint density at radius 1 is 1.12 bits per heavy atom. The summed E-state index contributed by atoms with van der Waals surface area (Å²) < 4.78 is 16.6. The van der Waals surface area contributed by atoms with E-state index < -0.39 is 0 Å². The van der Waals surface area contributed by atoms with Gasteiger partial charge in [0, 0.05) is 24.2 Å². The first-order chi connectivity index (χ1) is 7.95. The molecule has 94 valence electrons. The molecule has 2 atom stereocenters. The highest BCUT2D eigenvalue weighted by atomic mass is 32.2. The summed E-state index contributed by atoms with van der Waals surface area (Å²) in [6.45, 7) is 3.55. The molecule has 0 aliphatic carbocycles. The van der Waals surface area contributed by atoms with Crippen LogP contribution in [0.4, 0.5) is 0 Å². The lowest BCUT2D eigenvalue weighted by Gasteiger charge is -2.24. The van der Waals surface area contributed by atoms with Crippen molar-refractivity contribution in [1.29, 1.82) is 0 Å². The first kappa shape index (κ1) is 12.7. The third kappa shape index (κ3) is 4.62. The number of ether oxygens (including phenoxy) is 3. The maximum absolute atomic E-state index is 5.69. The number of rotatable bonds is 5. The van der Waals surface area contributed by atoms with Gasteiger partial charge in [0.05, 0.1) is 13.2 Å². The van der Waals surface area contributed by atoms with E-state index in [4.69, 9.17) is 14.2 Å². The molecule has 0 bridgehead atoms. The Bertz CT molecular complexity index is 157. The fourth-order valence-corrected chi connectivity index (χ4v) is 3.13. The predicted octanol–water partition coefficient (Wildman–Crippen LogP) is 2.44. The van der Waals surface area contributed by atoms with Gasteiger partial charge >= 0.3 is 0 Å². The molecule has 2 aliphatic heterocycles. The summed E-state index contributed by atoms with van der Waals surface area (Å²) >= 11 is 1.98. The van der Waals surface area contributed by atoms with Crippen LogP contribution in [0.15, 0.2) is 0 Å². The molecule has 2 aliphatic rings. The van der Waals surface area contributed by atoms with Gasteiger partial charge in [0.2, 0.25) is 0 Å². The molecule has 2 fully saturated rings. The van der Waals surface area contributed by atoms with Gasteiger partial charge in [-0.1, -0.05) is 0 Å². The Morgan fingerprint density at radius 3 is 2.88 bits per heavy atom. The summed E-state index contributed by atoms with van der Waals surface area (Å²) in [7, 11) is 0. The van der Waals surface area contributed by atoms with Crippen LogP contribution in [0.3, 0.4) is 0 Å². The molecule has 3 nitrogen and oxygen atoms in total. The lowest BCUT2D eigenvalue weighted by molar-refractivity contribution is -0.158. The van der Waals surface area contributed by atoms with E-state index in [1.807, 2.05) is 11.8 Å². The zero-order chi connectivity index (χ0) is 11.1. The van der Waals surface area contributed by atoms with Crippen molar-refractivity contribution in [2.75, 3.05) is 32.2 Å². The molecule has 0 aromatic carbocycles. The maximum atomic E-state index is 5.69. The van der Waals surface area contributed by atoms with Crippen molar-refractivity contribution in [2.24, 2.45) is 0 Å². The Kier molecular flexibility index (Phi) is 5.97. The average Bonchev–Trinajstić information content (AvgIpc) is 2.37. The molecule has 0 radical (unpaired) electrons. The second-order valence-corrected chi connectivity index (χ2v) is 5.79. The van der Waals surface area contributed by atoms with E-state index in [1.54, 1.807) is 0 Å². The van der Waals surface area contributed by atoms with Crippen molar-refractivity contribution in [3.05, 3.63) is 0 Å². The smallest absolute Gasteiger partial charge is 0.157 e. The van der Waals surface area contributed by atoms with E-state index in [0.29, 0.717) is 5.25 Å². The van der Waals surface area contributed by atoms with Gasteiger partial charge in [0.15, 0.2) is 6.29 Å². The summed E-state index contributed by atoms with van der Waals surface area (Å²) in [6.07, 6.45) is 6.07. The van der Waals surface area contributed by atoms with E-state index in [1.165, 1.54) is 25.7 Å². The highest BCUT2D eigenvalue weighted by molar-refractivity contribution is 7.99. The van der Waals surface area contributed by atoms with Crippen molar-refractivity contribution in [2.45, 2.75) is 43.6 Å². The van der Waals surface area contributed by atoms with Crippen LogP contribution in [0.5, 0.6) is 0 Å². The van der Waals surface area contributed by atoms with Crippen LogP contribution in [0.25, 0.3) is 0 Å². The fourth-order valence-electron chi connectivity index (χ4n) is 2.08. The third-order valence-corrected chi connectivity index (χ3v) is 4.24. The molecule has 0 aromatic rings. The largest absolute Gasteiger partial charge is 0.380 e. The van der Waals surface area contributed by atoms with Crippen LogP contribution in [-0.4, -0.2) is 43.7 Å². The normalized spacial score (nSPS) is 31.5. The molecule has 2 heterocycles. The van der Waals surface area contributed by atoms with Gasteiger partial charge in [-0.15, -0.1) is 0 Å². The molecule has 0 amide bonds. The van der Waals surface area contributed by atoms with E-state index in [9.17, 15) is 0 Å². The third-order valence-electron chi connectivity index (χ3n) is 3.00. The predicted molar refractivity (Wildman–Crippen MR) is 65.8 cm³/mol. The van der Waals surface area contributed by atoms with Crippen molar-refractivity contribution in [1.82, 2.24) is 0 Å². The minimum absolute atomic E-state index is 0.0666. The SMILES string of the molecule is C1CCC(OCCSC2CCCOC2)OC1. The van der Waals surface area contributed by atoms with Crippen molar-refractivity contribution in [3.8, 4) is 0 Å². The minimum Gasteiger partial charge on any atom is -0.380 e. The van der Waals surface area contributed by atoms with Gasteiger partial charge in [-0.3, -0.25) is 0 Å². The van der Waals surface area contributed by atoms with E-state index in [0.717, 1.165) is 38.6 Å². The number of thioether (sulfide) groups is 1. The molecule has 2 rings (SSSR count). The van der Waals surface area contributed by atoms with Gasteiger partial charge in [-0.05, 0) is 32.1 Å². The van der Waals surface area contributed by atoms with E-state index in [2.05, 4.69) is 0 Å². The molecule has 4 heteroatoms. The summed E-state index contributed by atoms with van der Waals surface area (Å²) in [5.41, 5.74) is 0. The zero-order valence-corrected chi connectivity index (χ0v) is 10.7. The first-order valence-corrected chi connectivity index (χ1v) is 7.42. The second-order valence-electron chi connectivity index (χ2n) is 4.38. The summed E-state index contributed by atoms with van der Waals surface area (Å²) in [4.78, 5) is 0. The Hall–Kier alpha value is 0.230. The van der Waals surface area contributed by atoms with Crippen LogP contribution < -0.4 is 0 Å². The molecular formula is C12H22O3S. The van der Waals surface area contributed by atoms with E-state index in [-0.39, 0.29) is 6.29 Å². The van der Waals surface area contributed by atoms with Crippen LogP contribution >= 0.6 is 11.8 Å². The molecular weight excluding hydrogens is 224 g/mol. The van der Waals surface area contributed by atoms with Gasteiger partial charge in [0.25, 0.3) is 0 Å². The minimum atomic E-state index is 0.0666. The molecule has 0 saturated carbocycles. The summed E-state index contributed by atoms with van der Waals surface area (Å²) in [5.74, 6) is 1.06. The molecule has 0 spiro atoms. The van der Waals surface area contributed by atoms with Crippen molar-refractivity contribution >= 4 is 11.8 Å². The maximum Gasteiger partial charge on any atom is 0.157 e. The fraction of sp³-hybridized carbons (Fsp3) is 1.00. The average molecular weight is 246 g/mol. The van der Waals surface area contributed by atoms with Crippen LogP contribution in [-0.2, 0) is 14.2 Å². The first-order valence-electron chi connectivity index (χ1n) is 6.38. The van der Waals surface area contributed by atoms with Crippen LogP contribution in [0.1, 0.15) is 32.1 Å². The van der Waals surface area contributed by atoms with Crippen LogP contribution in [0, 0.1) is 0 Å². The number of hydrogen-bond acceptors (Lipinski definition) is 4. The molecule has 2 saturated heterocycles. The highest BCUT2D eigenvalue weighted by Gasteiger charge is 2.16. The second kappa shape index (κ2) is 7.54. The molecule has 0 N–H and O–H groups in total. The zero-order valence-electron chi connectivity index (χ0n) is 9.86.